The second-order valence-electron chi connectivity index (χ2n) is 4.89. The van der Waals surface area contributed by atoms with Crippen molar-refractivity contribution in [3.05, 3.63) is 42.0 Å². The quantitative estimate of drug-likeness (QED) is 0.767. The van der Waals surface area contributed by atoms with Crippen LogP contribution >= 0.6 is 0 Å². The minimum absolute atomic E-state index is 0.165. The van der Waals surface area contributed by atoms with Gasteiger partial charge in [0.1, 0.15) is 17.5 Å². The van der Waals surface area contributed by atoms with E-state index in [-0.39, 0.29) is 5.82 Å². The van der Waals surface area contributed by atoms with Gasteiger partial charge in [0, 0.05) is 29.1 Å². The first-order chi connectivity index (χ1) is 11.1. The van der Waals surface area contributed by atoms with Gasteiger partial charge in [0.25, 0.3) is 0 Å². The maximum atomic E-state index is 9.38. The molecule has 0 fully saturated rings. The molecule has 3 aromatic heterocycles. The second-order valence-corrected chi connectivity index (χ2v) is 4.89. The zero-order chi connectivity index (χ0) is 16.4. The number of aromatic amines is 1. The highest BCUT2D eigenvalue weighted by atomic mass is 16.5. The van der Waals surface area contributed by atoms with Crippen LogP contribution in [-0.4, -0.2) is 27.0 Å². The maximum absolute atomic E-state index is 9.38. The van der Waals surface area contributed by atoms with Crippen LogP contribution in [-0.2, 0) is 0 Å². The summed E-state index contributed by atoms with van der Waals surface area (Å²) in [5.74, 6) is 0.678. The Morgan fingerprint density at radius 1 is 1.30 bits per heavy atom. The van der Waals surface area contributed by atoms with Gasteiger partial charge in [-0.2, -0.15) is 5.26 Å². The van der Waals surface area contributed by atoms with E-state index in [0.29, 0.717) is 28.4 Å². The van der Waals surface area contributed by atoms with Gasteiger partial charge in [0.15, 0.2) is 0 Å². The number of nitrogens with zero attached hydrogens (tertiary/aromatic N) is 4. The molecule has 0 aliphatic carbocycles. The normalized spacial score (nSPS) is 10.3. The van der Waals surface area contributed by atoms with Crippen LogP contribution in [0.15, 0.2) is 30.7 Å². The number of pyridine rings is 2. The third-order valence-electron chi connectivity index (χ3n) is 3.49. The topological polar surface area (TPSA) is 114 Å². The lowest BCUT2D eigenvalue weighted by molar-refractivity contribution is 0.398. The molecule has 3 aromatic rings. The average molecular weight is 306 g/mol. The number of aromatic nitrogens is 4. The van der Waals surface area contributed by atoms with Crippen molar-refractivity contribution < 1.29 is 4.74 Å². The number of imidazole rings is 1. The molecule has 3 N–H and O–H groups in total. The average Bonchev–Trinajstić information content (AvgIpc) is 3.00. The maximum Gasteiger partial charge on any atom is 0.212 e. The van der Waals surface area contributed by atoms with Crippen molar-refractivity contribution >= 4 is 5.82 Å². The molecule has 0 saturated heterocycles. The summed E-state index contributed by atoms with van der Waals surface area (Å²) >= 11 is 0. The van der Waals surface area contributed by atoms with Crippen LogP contribution < -0.4 is 10.5 Å². The number of nitrogens with one attached hydrogen (secondary N) is 1. The van der Waals surface area contributed by atoms with Gasteiger partial charge in [-0.25, -0.2) is 15.0 Å². The molecule has 0 radical (unpaired) electrons. The van der Waals surface area contributed by atoms with Crippen molar-refractivity contribution in [2.24, 2.45) is 0 Å². The number of nitrogen functional groups attached to an aromatic ring is 1. The number of methoxy groups -OCH3 is 1. The van der Waals surface area contributed by atoms with Gasteiger partial charge in [-0.3, -0.25) is 0 Å². The second kappa shape index (κ2) is 5.77. The zero-order valence-corrected chi connectivity index (χ0v) is 12.7. The fourth-order valence-electron chi connectivity index (χ4n) is 2.30. The van der Waals surface area contributed by atoms with Crippen LogP contribution in [0.25, 0.3) is 22.5 Å². The van der Waals surface area contributed by atoms with Gasteiger partial charge in [0.05, 0.1) is 24.8 Å². The van der Waals surface area contributed by atoms with Crippen molar-refractivity contribution in [3.8, 4) is 34.5 Å². The smallest absolute Gasteiger partial charge is 0.212 e. The van der Waals surface area contributed by atoms with E-state index in [9.17, 15) is 5.26 Å². The number of hydrogen-bond donors (Lipinski definition) is 2. The molecule has 7 heteroatoms. The lowest BCUT2D eigenvalue weighted by Gasteiger charge is -2.09. The van der Waals surface area contributed by atoms with E-state index in [2.05, 4.69) is 26.0 Å². The number of hydrogen-bond acceptors (Lipinski definition) is 6. The van der Waals surface area contributed by atoms with E-state index in [1.54, 1.807) is 31.8 Å². The summed E-state index contributed by atoms with van der Waals surface area (Å²) in [7, 11) is 1.55. The van der Waals surface area contributed by atoms with Crippen LogP contribution in [0.1, 0.15) is 11.3 Å². The zero-order valence-electron chi connectivity index (χ0n) is 12.7. The number of nitrogens with two attached hydrogens (primary N) is 1. The van der Waals surface area contributed by atoms with Gasteiger partial charge in [-0.1, -0.05) is 0 Å². The molecular weight excluding hydrogens is 292 g/mol. The van der Waals surface area contributed by atoms with Crippen molar-refractivity contribution in [3.63, 3.8) is 0 Å². The molecule has 0 spiro atoms. The highest BCUT2D eigenvalue weighted by Crippen LogP contribution is 2.31. The van der Waals surface area contributed by atoms with Gasteiger partial charge >= 0.3 is 0 Å². The fourth-order valence-corrected chi connectivity index (χ4v) is 2.30. The number of rotatable bonds is 3. The third kappa shape index (κ3) is 2.58. The summed E-state index contributed by atoms with van der Waals surface area (Å²) in [5, 5.41) is 9.38. The molecule has 3 heterocycles. The molecule has 0 atom stereocenters. The molecule has 0 bridgehead atoms. The molecule has 0 aromatic carbocycles. The van der Waals surface area contributed by atoms with E-state index >= 15 is 0 Å². The van der Waals surface area contributed by atoms with Crippen molar-refractivity contribution in [1.29, 1.82) is 5.26 Å². The summed E-state index contributed by atoms with van der Waals surface area (Å²) in [4.78, 5) is 15.7. The molecule has 0 aliphatic rings. The van der Waals surface area contributed by atoms with E-state index in [1.165, 1.54) is 0 Å². The number of ether oxygens (including phenoxy) is 1. The summed E-state index contributed by atoms with van der Waals surface area (Å²) < 4.78 is 5.05. The Morgan fingerprint density at radius 2 is 2.13 bits per heavy atom. The van der Waals surface area contributed by atoms with Crippen LogP contribution in [0.3, 0.4) is 0 Å². The summed E-state index contributed by atoms with van der Waals surface area (Å²) in [6, 6.07) is 7.47. The number of nitriles is 1. The standard InChI is InChI=1S/C16H14N6O/c1-9-15(21-8-20-9)11-5-13(22-16(18)12(11)6-17)10-3-4-14(23-2)19-7-10/h3-5,7-8H,1-2H3,(H2,18,22)(H,20,21). The number of aryl methyl sites for hydroxylation is 1. The Bertz CT molecular complexity index is 892. The SMILES string of the molecule is COc1ccc(-c2cc(-c3nc[nH]c3C)c(C#N)c(N)n2)cn1. The van der Waals surface area contributed by atoms with Gasteiger partial charge in [-0.05, 0) is 19.1 Å². The van der Waals surface area contributed by atoms with E-state index in [0.717, 1.165) is 11.3 Å². The van der Waals surface area contributed by atoms with Crippen LogP contribution in [0.2, 0.25) is 0 Å². The van der Waals surface area contributed by atoms with Crippen molar-refractivity contribution in [2.75, 3.05) is 12.8 Å². The van der Waals surface area contributed by atoms with E-state index < -0.39 is 0 Å². The van der Waals surface area contributed by atoms with Crippen molar-refractivity contribution in [1.82, 2.24) is 19.9 Å². The Kier molecular flexibility index (Phi) is 3.65. The first-order valence-electron chi connectivity index (χ1n) is 6.85. The molecule has 0 aliphatic heterocycles. The molecule has 0 saturated carbocycles. The lowest BCUT2D eigenvalue weighted by atomic mass is 10.0. The summed E-state index contributed by atoms with van der Waals surface area (Å²) in [6.07, 6.45) is 3.23. The number of anilines is 1. The largest absolute Gasteiger partial charge is 0.481 e. The van der Waals surface area contributed by atoms with Crippen LogP contribution in [0.5, 0.6) is 5.88 Å². The molecule has 3 rings (SSSR count). The summed E-state index contributed by atoms with van der Waals surface area (Å²) in [6.45, 7) is 1.88. The Hall–Kier alpha value is -3.40. The fraction of sp³-hybridized carbons (Fsp3) is 0.125. The van der Waals surface area contributed by atoms with Gasteiger partial charge in [-0.15, -0.1) is 0 Å². The minimum Gasteiger partial charge on any atom is -0.481 e. The van der Waals surface area contributed by atoms with Gasteiger partial charge in [0.2, 0.25) is 5.88 Å². The molecule has 7 nitrogen and oxygen atoms in total. The van der Waals surface area contributed by atoms with Gasteiger partial charge < -0.3 is 15.5 Å². The Balaban J connectivity index is 2.18. The molecule has 23 heavy (non-hydrogen) atoms. The Labute approximate surface area is 132 Å². The predicted molar refractivity (Wildman–Crippen MR) is 85.5 cm³/mol. The summed E-state index contributed by atoms with van der Waals surface area (Å²) in [5.41, 5.74) is 9.84. The van der Waals surface area contributed by atoms with E-state index in [4.69, 9.17) is 10.5 Å². The molecule has 0 amide bonds. The first-order valence-corrected chi connectivity index (χ1v) is 6.85. The number of H-pyrrole nitrogens is 1. The molecule has 0 unspecified atom stereocenters. The highest BCUT2D eigenvalue weighted by Gasteiger charge is 2.16. The molecule has 114 valence electrons. The van der Waals surface area contributed by atoms with Crippen molar-refractivity contribution in [2.45, 2.75) is 6.92 Å². The first kappa shape index (κ1) is 14.5. The van der Waals surface area contributed by atoms with Crippen LogP contribution in [0, 0.1) is 18.3 Å². The Morgan fingerprint density at radius 3 is 2.70 bits per heavy atom. The van der Waals surface area contributed by atoms with Crippen LogP contribution in [0.4, 0.5) is 5.82 Å². The third-order valence-corrected chi connectivity index (χ3v) is 3.49. The highest BCUT2D eigenvalue weighted by molar-refractivity contribution is 5.79. The minimum atomic E-state index is 0.165. The predicted octanol–water partition coefficient (Wildman–Crippen LogP) is 2.30. The van der Waals surface area contributed by atoms with E-state index in [1.807, 2.05) is 13.0 Å². The lowest BCUT2D eigenvalue weighted by Crippen LogP contribution is -2.00. The molecular formula is C16H14N6O. The monoisotopic (exact) mass is 306 g/mol.